The molecule has 1 heterocycles. The summed E-state index contributed by atoms with van der Waals surface area (Å²) in [5.74, 6) is 1.01. The Morgan fingerprint density at radius 1 is 1.53 bits per heavy atom. The van der Waals surface area contributed by atoms with Crippen molar-refractivity contribution in [1.29, 1.82) is 0 Å². The average molecular weight is 264 g/mol. The van der Waals surface area contributed by atoms with Crippen molar-refractivity contribution in [2.24, 2.45) is 5.92 Å². The Labute approximate surface area is 110 Å². The number of aromatic nitrogens is 1. The van der Waals surface area contributed by atoms with Gasteiger partial charge in [-0.1, -0.05) is 0 Å². The fourth-order valence-corrected chi connectivity index (χ4v) is 1.66. The van der Waals surface area contributed by atoms with E-state index in [4.69, 9.17) is 0 Å². The summed E-state index contributed by atoms with van der Waals surface area (Å²) in [4.78, 5) is 25.7. The summed E-state index contributed by atoms with van der Waals surface area (Å²) < 4.78 is 0. The maximum absolute atomic E-state index is 11.5. The van der Waals surface area contributed by atoms with Gasteiger partial charge in [0.25, 0.3) is 5.69 Å². The summed E-state index contributed by atoms with van der Waals surface area (Å²) in [7, 11) is 0. The second-order valence-corrected chi connectivity index (χ2v) is 4.66. The van der Waals surface area contributed by atoms with E-state index in [-0.39, 0.29) is 18.1 Å². The SMILES string of the molecule is Cc1nc(NCC(=O)NCC2CC2)ccc1[N+](=O)[O-]. The fourth-order valence-electron chi connectivity index (χ4n) is 1.66. The summed E-state index contributed by atoms with van der Waals surface area (Å²) in [6.45, 7) is 2.42. The lowest BCUT2D eigenvalue weighted by molar-refractivity contribution is -0.385. The first-order valence-electron chi connectivity index (χ1n) is 6.19. The van der Waals surface area contributed by atoms with Gasteiger partial charge in [0.05, 0.1) is 11.5 Å². The monoisotopic (exact) mass is 264 g/mol. The van der Waals surface area contributed by atoms with Gasteiger partial charge in [0, 0.05) is 12.6 Å². The van der Waals surface area contributed by atoms with Gasteiger partial charge in [-0.15, -0.1) is 0 Å². The van der Waals surface area contributed by atoms with Crippen LogP contribution >= 0.6 is 0 Å². The Morgan fingerprint density at radius 3 is 2.84 bits per heavy atom. The fraction of sp³-hybridized carbons (Fsp3) is 0.500. The van der Waals surface area contributed by atoms with E-state index in [2.05, 4.69) is 15.6 Å². The second-order valence-electron chi connectivity index (χ2n) is 4.66. The van der Waals surface area contributed by atoms with Crippen LogP contribution in [0.15, 0.2) is 12.1 Å². The van der Waals surface area contributed by atoms with Gasteiger partial charge >= 0.3 is 0 Å². The summed E-state index contributed by atoms with van der Waals surface area (Å²) in [6, 6.07) is 2.88. The molecule has 1 aliphatic carbocycles. The molecule has 1 fully saturated rings. The molecule has 1 aliphatic rings. The summed E-state index contributed by atoms with van der Waals surface area (Å²) in [5.41, 5.74) is 0.303. The number of anilines is 1. The Kier molecular flexibility index (Phi) is 3.94. The number of aryl methyl sites for hydroxylation is 1. The molecule has 0 radical (unpaired) electrons. The van der Waals surface area contributed by atoms with Crippen molar-refractivity contribution < 1.29 is 9.72 Å². The molecule has 0 atom stereocenters. The molecule has 1 aromatic rings. The van der Waals surface area contributed by atoms with Crippen LogP contribution in [0.5, 0.6) is 0 Å². The van der Waals surface area contributed by atoms with E-state index in [1.54, 1.807) is 6.92 Å². The number of rotatable bonds is 6. The third kappa shape index (κ3) is 3.90. The number of carbonyl (C=O) groups excluding carboxylic acids is 1. The maximum atomic E-state index is 11.5. The average Bonchev–Trinajstić information content (AvgIpc) is 3.17. The summed E-state index contributed by atoms with van der Waals surface area (Å²) in [6.07, 6.45) is 2.38. The highest BCUT2D eigenvalue weighted by atomic mass is 16.6. The topological polar surface area (TPSA) is 97.2 Å². The van der Waals surface area contributed by atoms with Crippen molar-refractivity contribution >= 4 is 17.4 Å². The van der Waals surface area contributed by atoms with Gasteiger partial charge in [0.1, 0.15) is 11.5 Å². The Hall–Kier alpha value is -2.18. The van der Waals surface area contributed by atoms with Crippen molar-refractivity contribution in [2.75, 3.05) is 18.4 Å². The quantitative estimate of drug-likeness (QED) is 0.595. The molecule has 0 spiro atoms. The smallest absolute Gasteiger partial charge is 0.290 e. The molecule has 1 saturated carbocycles. The van der Waals surface area contributed by atoms with Crippen molar-refractivity contribution in [1.82, 2.24) is 10.3 Å². The molecule has 0 unspecified atom stereocenters. The van der Waals surface area contributed by atoms with Gasteiger partial charge in [-0.2, -0.15) is 0 Å². The molecular formula is C12H16N4O3. The Balaban J connectivity index is 1.83. The first-order chi connectivity index (χ1) is 9.06. The van der Waals surface area contributed by atoms with Crippen LogP contribution in [0.2, 0.25) is 0 Å². The van der Waals surface area contributed by atoms with Crippen molar-refractivity contribution in [2.45, 2.75) is 19.8 Å². The van der Waals surface area contributed by atoms with Crippen LogP contribution in [0.3, 0.4) is 0 Å². The van der Waals surface area contributed by atoms with E-state index in [1.807, 2.05) is 0 Å². The van der Waals surface area contributed by atoms with Crippen LogP contribution in [0.25, 0.3) is 0 Å². The summed E-state index contributed by atoms with van der Waals surface area (Å²) >= 11 is 0. The van der Waals surface area contributed by atoms with E-state index < -0.39 is 4.92 Å². The molecule has 7 heteroatoms. The molecule has 1 aromatic heterocycles. The highest BCUT2D eigenvalue weighted by Crippen LogP contribution is 2.27. The zero-order chi connectivity index (χ0) is 13.8. The van der Waals surface area contributed by atoms with Crippen LogP contribution in [0.1, 0.15) is 18.5 Å². The minimum absolute atomic E-state index is 0.0243. The normalized spacial score (nSPS) is 13.9. The highest BCUT2D eigenvalue weighted by molar-refractivity contribution is 5.80. The third-order valence-electron chi connectivity index (χ3n) is 2.97. The van der Waals surface area contributed by atoms with E-state index in [0.717, 1.165) is 6.54 Å². The first kappa shape index (κ1) is 13.3. The van der Waals surface area contributed by atoms with Gasteiger partial charge in [-0.3, -0.25) is 14.9 Å². The van der Waals surface area contributed by atoms with Crippen molar-refractivity contribution in [3.8, 4) is 0 Å². The highest BCUT2D eigenvalue weighted by Gasteiger charge is 2.21. The lowest BCUT2D eigenvalue weighted by atomic mass is 10.3. The number of nitrogens with one attached hydrogen (secondary N) is 2. The van der Waals surface area contributed by atoms with Crippen LogP contribution in [-0.4, -0.2) is 28.9 Å². The number of hydrogen-bond donors (Lipinski definition) is 2. The minimum Gasteiger partial charge on any atom is -0.361 e. The Morgan fingerprint density at radius 2 is 2.26 bits per heavy atom. The number of pyridine rings is 1. The van der Waals surface area contributed by atoms with Gasteiger partial charge in [-0.05, 0) is 31.7 Å². The predicted molar refractivity (Wildman–Crippen MR) is 69.9 cm³/mol. The molecule has 0 bridgehead atoms. The molecule has 0 saturated heterocycles. The molecule has 19 heavy (non-hydrogen) atoms. The van der Waals surface area contributed by atoms with Crippen LogP contribution in [0.4, 0.5) is 11.5 Å². The van der Waals surface area contributed by atoms with Gasteiger partial charge in [0.2, 0.25) is 5.91 Å². The number of amides is 1. The lowest BCUT2D eigenvalue weighted by Gasteiger charge is -2.07. The molecule has 2 rings (SSSR count). The molecule has 0 aromatic carbocycles. The Bertz CT molecular complexity index is 500. The molecule has 7 nitrogen and oxygen atoms in total. The minimum atomic E-state index is -0.478. The second kappa shape index (κ2) is 5.64. The molecule has 102 valence electrons. The van der Waals surface area contributed by atoms with Crippen LogP contribution in [0, 0.1) is 23.0 Å². The maximum Gasteiger partial charge on any atom is 0.290 e. The molecule has 2 N–H and O–H groups in total. The van der Waals surface area contributed by atoms with Crippen molar-refractivity contribution in [3.63, 3.8) is 0 Å². The number of carbonyl (C=O) groups is 1. The third-order valence-corrected chi connectivity index (χ3v) is 2.97. The molecule has 0 aliphatic heterocycles. The van der Waals surface area contributed by atoms with Crippen LogP contribution < -0.4 is 10.6 Å². The lowest BCUT2D eigenvalue weighted by Crippen LogP contribution is -2.31. The van der Waals surface area contributed by atoms with Crippen LogP contribution in [-0.2, 0) is 4.79 Å². The standard InChI is InChI=1S/C12H16N4O3/c1-8-10(16(18)19)4-5-11(15-8)13-7-12(17)14-6-9-2-3-9/h4-5,9H,2-3,6-7H2,1H3,(H,13,15)(H,14,17). The zero-order valence-corrected chi connectivity index (χ0v) is 10.7. The molecule has 1 amide bonds. The zero-order valence-electron chi connectivity index (χ0n) is 10.7. The first-order valence-corrected chi connectivity index (χ1v) is 6.19. The largest absolute Gasteiger partial charge is 0.361 e. The van der Waals surface area contributed by atoms with E-state index in [9.17, 15) is 14.9 Å². The van der Waals surface area contributed by atoms with E-state index in [1.165, 1.54) is 25.0 Å². The number of nitro groups is 1. The van der Waals surface area contributed by atoms with Crippen molar-refractivity contribution in [3.05, 3.63) is 27.9 Å². The van der Waals surface area contributed by atoms with Gasteiger partial charge < -0.3 is 10.6 Å². The van der Waals surface area contributed by atoms with Gasteiger partial charge in [0.15, 0.2) is 0 Å². The van der Waals surface area contributed by atoms with E-state index in [0.29, 0.717) is 17.4 Å². The summed E-state index contributed by atoms with van der Waals surface area (Å²) in [5, 5.41) is 16.3. The van der Waals surface area contributed by atoms with E-state index >= 15 is 0 Å². The number of nitrogens with zero attached hydrogens (tertiary/aromatic N) is 2. The van der Waals surface area contributed by atoms with Gasteiger partial charge in [-0.25, -0.2) is 4.98 Å². The molecular weight excluding hydrogens is 248 g/mol. The number of hydrogen-bond acceptors (Lipinski definition) is 5. The predicted octanol–water partition coefficient (Wildman–Crippen LogP) is 1.24.